The summed E-state index contributed by atoms with van der Waals surface area (Å²) in [5.41, 5.74) is 2.81. The SMILES string of the molecule is O=C1OCCC1(c1ccccc1)c1ccccc1.O=C1OCCC1(c1ccccc1)c1ccccc1. The number of carbonyl (C=O) groups is 2. The average Bonchev–Trinajstić information content (AvgIpc) is 3.54. The zero-order valence-electron chi connectivity index (χ0n) is 20.0. The standard InChI is InChI=1S/2C16H14O2/c2*17-15-16(11-12-18-15,13-7-3-1-4-8-13)14-9-5-2-6-10-14/h2*1-10H,11-12H2. The van der Waals surface area contributed by atoms with E-state index < -0.39 is 10.8 Å². The largest absolute Gasteiger partial charge is 0.465 e. The Labute approximate surface area is 211 Å². The summed E-state index contributed by atoms with van der Waals surface area (Å²) in [6, 6.07) is 39.6. The molecule has 2 fully saturated rings. The molecule has 4 heteroatoms. The monoisotopic (exact) mass is 476 g/mol. The third-order valence-corrected chi connectivity index (χ3v) is 7.18. The molecule has 4 aromatic rings. The summed E-state index contributed by atoms with van der Waals surface area (Å²) in [7, 11) is 0. The van der Waals surface area contributed by atoms with Crippen molar-refractivity contribution in [1.29, 1.82) is 0 Å². The van der Waals surface area contributed by atoms with Gasteiger partial charge >= 0.3 is 11.9 Å². The molecule has 4 aromatic carbocycles. The van der Waals surface area contributed by atoms with Crippen LogP contribution in [0.1, 0.15) is 35.1 Å². The molecule has 0 aromatic heterocycles. The molecule has 4 nitrogen and oxygen atoms in total. The van der Waals surface area contributed by atoms with Gasteiger partial charge in [0, 0.05) is 12.8 Å². The number of rotatable bonds is 4. The van der Waals surface area contributed by atoms with Gasteiger partial charge in [0.25, 0.3) is 0 Å². The van der Waals surface area contributed by atoms with Gasteiger partial charge in [0.2, 0.25) is 0 Å². The zero-order valence-corrected chi connectivity index (χ0v) is 20.0. The Hall–Kier alpha value is -4.18. The summed E-state index contributed by atoms with van der Waals surface area (Å²) in [6.07, 6.45) is 1.42. The van der Waals surface area contributed by atoms with Crippen molar-refractivity contribution in [3.63, 3.8) is 0 Å². The molecule has 0 saturated carbocycles. The number of ether oxygens (including phenoxy) is 2. The van der Waals surface area contributed by atoms with Crippen LogP contribution in [0.5, 0.6) is 0 Å². The van der Waals surface area contributed by atoms with E-state index in [9.17, 15) is 9.59 Å². The first-order chi connectivity index (χ1) is 17.7. The first-order valence-electron chi connectivity index (χ1n) is 12.2. The molecule has 6 rings (SSSR count). The molecule has 0 N–H and O–H groups in total. The second kappa shape index (κ2) is 10.2. The molecule has 0 unspecified atom stereocenters. The maximum absolute atomic E-state index is 12.3. The van der Waals surface area contributed by atoms with E-state index in [-0.39, 0.29) is 11.9 Å². The molecule has 36 heavy (non-hydrogen) atoms. The van der Waals surface area contributed by atoms with Crippen molar-refractivity contribution in [2.24, 2.45) is 0 Å². The van der Waals surface area contributed by atoms with E-state index >= 15 is 0 Å². The van der Waals surface area contributed by atoms with Crippen LogP contribution in [-0.4, -0.2) is 25.2 Å². The van der Waals surface area contributed by atoms with E-state index in [0.29, 0.717) is 26.1 Å². The highest BCUT2D eigenvalue weighted by molar-refractivity contribution is 5.90. The van der Waals surface area contributed by atoms with Gasteiger partial charge in [-0.15, -0.1) is 0 Å². The second-order valence-corrected chi connectivity index (χ2v) is 9.05. The predicted octanol–water partition coefficient (Wildman–Crippen LogP) is 5.84. The minimum absolute atomic E-state index is 0.139. The van der Waals surface area contributed by atoms with Crippen molar-refractivity contribution in [2.75, 3.05) is 13.2 Å². The molecular weight excluding hydrogens is 448 g/mol. The lowest BCUT2D eigenvalue weighted by Crippen LogP contribution is -2.32. The van der Waals surface area contributed by atoms with Gasteiger partial charge in [0.15, 0.2) is 0 Å². The number of benzene rings is 4. The van der Waals surface area contributed by atoms with Crippen molar-refractivity contribution in [3.8, 4) is 0 Å². The van der Waals surface area contributed by atoms with Gasteiger partial charge in [-0.25, -0.2) is 0 Å². The van der Waals surface area contributed by atoms with Gasteiger partial charge in [0.1, 0.15) is 10.8 Å². The minimum atomic E-state index is -0.622. The summed E-state index contributed by atoms with van der Waals surface area (Å²) >= 11 is 0. The third-order valence-electron chi connectivity index (χ3n) is 7.18. The predicted molar refractivity (Wildman–Crippen MR) is 138 cm³/mol. The van der Waals surface area contributed by atoms with Crippen LogP contribution in [-0.2, 0) is 29.9 Å². The number of hydrogen-bond donors (Lipinski definition) is 0. The van der Waals surface area contributed by atoms with Gasteiger partial charge in [0.05, 0.1) is 13.2 Å². The van der Waals surface area contributed by atoms with Crippen molar-refractivity contribution in [1.82, 2.24) is 0 Å². The Morgan fingerprint density at radius 3 is 0.861 bits per heavy atom. The van der Waals surface area contributed by atoms with E-state index in [2.05, 4.69) is 0 Å². The van der Waals surface area contributed by atoms with E-state index in [1.54, 1.807) is 0 Å². The summed E-state index contributed by atoms with van der Waals surface area (Å²) in [5.74, 6) is -0.278. The molecule has 0 atom stereocenters. The van der Waals surface area contributed by atoms with E-state index in [1.165, 1.54) is 0 Å². The fraction of sp³-hybridized carbons (Fsp3) is 0.188. The quantitative estimate of drug-likeness (QED) is 0.347. The van der Waals surface area contributed by atoms with Crippen LogP contribution in [0, 0.1) is 0 Å². The molecule has 2 aliphatic heterocycles. The normalized spacial score (nSPS) is 17.4. The van der Waals surface area contributed by atoms with E-state index in [4.69, 9.17) is 9.47 Å². The molecule has 2 aliphatic rings. The highest BCUT2D eigenvalue weighted by Crippen LogP contribution is 2.41. The summed E-state index contributed by atoms with van der Waals surface area (Å²) in [5, 5.41) is 0. The molecule has 180 valence electrons. The van der Waals surface area contributed by atoms with E-state index in [0.717, 1.165) is 22.3 Å². The van der Waals surface area contributed by atoms with Crippen molar-refractivity contribution in [2.45, 2.75) is 23.7 Å². The van der Waals surface area contributed by atoms with Crippen LogP contribution in [0.25, 0.3) is 0 Å². The lowest BCUT2D eigenvalue weighted by molar-refractivity contribution is -0.142. The van der Waals surface area contributed by atoms with Crippen LogP contribution in [0.4, 0.5) is 0 Å². The second-order valence-electron chi connectivity index (χ2n) is 9.05. The molecule has 0 spiro atoms. The Kier molecular flexibility index (Phi) is 6.68. The fourth-order valence-corrected chi connectivity index (χ4v) is 5.32. The Morgan fingerprint density at radius 1 is 0.417 bits per heavy atom. The van der Waals surface area contributed by atoms with Crippen LogP contribution in [0.3, 0.4) is 0 Å². The van der Waals surface area contributed by atoms with Gasteiger partial charge in [-0.2, -0.15) is 0 Å². The number of carbonyl (C=O) groups excluding carboxylic acids is 2. The highest BCUT2D eigenvalue weighted by atomic mass is 16.5. The van der Waals surface area contributed by atoms with Gasteiger partial charge in [-0.3, -0.25) is 9.59 Å². The van der Waals surface area contributed by atoms with Crippen molar-refractivity contribution in [3.05, 3.63) is 144 Å². The molecule has 0 amide bonds. The number of cyclic esters (lactones) is 2. The summed E-state index contributed by atoms with van der Waals surface area (Å²) in [6.45, 7) is 0.977. The topological polar surface area (TPSA) is 52.6 Å². The summed E-state index contributed by atoms with van der Waals surface area (Å²) < 4.78 is 10.5. The highest BCUT2D eigenvalue weighted by Gasteiger charge is 2.48. The maximum Gasteiger partial charge on any atom is 0.321 e. The minimum Gasteiger partial charge on any atom is -0.465 e. The van der Waals surface area contributed by atoms with Crippen LogP contribution in [0.15, 0.2) is 121 Å². The lowest BCUT2D eigenvalue weighted by Gasteiger charge is -2.25. The Bertz CT molecular complexity index is 1120. The fourth-order valence-electron chi connectivity index (χ4n) is 5.32. The van der Waals surface area contributed by atoms with Gasteiger partial charge in [-0.1, -0.05) is 121 Å². The third kappa shape index (κ3) is 4.09. The maximum atomic E-state index is 12.3. The number of esters is 2. The van der Waals surface area contributed by atoms with E-state index in [1.807, 2.05) is 121 Å². The molecule has 0 radical (unpaired) electrons. The smallest absolute Gasteiger partial charge is 0.321 e. The molecule has 0 bridgehead atoms. The Balaban J connectivity index is 0.000000148. The molecular formula is C32H28O4. The van der Waals surface area contributed by atoms with Crippen LogP contribution < -0.4 is 0 Å². The average molecular weight is 477 g/mol. The zero-order chi connectivity index (χ0) is 24.8. The van der Waals surface area contributed by atoms with Crippen LogP contribution in [0.2, 0.25) is 0 Å². The molecule has 2 saturated heterocycles. The van der Waals surface area contributed by atoms with Crippen molar-refractivity contribution >= 4 is 11.9 Å². The summed E-state index contributed by atoms with van der Waals surface area (Å²) in [4.78, 5) is 24.5. The van der Waals surface area contributed by atoms with Gasteiger partial charge < -0.3 is 9.47 Å². The molecule has 2 heterocycles. The first kappa shape index (κ1) is 23.6. The lowest BCUT2D eigenvalue weighted by atomic mass is 9.73. The van der Waals surface area contributed by atoms with Crippen LogP contribution >= 0.6 is 0 Å². The van der Waals surface area contributed by atoms with Crippen molar-refractivity contribution < 1.29 is 19.1 Å². The molecule has 0 aliphatic carbocycles. The number of hydrogen-bond acceptors (Lipinski definition) is 4. The first-order valence-corrected chi connectivity index (χ1v) is 12.2. The van der Waals surface area contributed by atoms with Gasteiger partial charge in [-0.05, 0) is 22.3 Å². The Morgan fingerprint density at radius 2 is 0.667 bits per heavy atom.